The van der Waals surface area contributed by atoms with Gasteiger partial charge in [-0.1, -0.05) is 76.5 Å². The summed E-state index contributed by atoms with van der Waals surface area (Å²) in [6, 6.07) is 7.63. The predicted octanol–water partition coefficient (Wildman–Crippen LogP) is 5.22. The van der Waals surface area contributed by atoms with Gasteiger partial charge < -0.3 is 10.5 Å². The molecule has 0 aliphatic rings. The summed E-state index contributed by atoms with van der Waals surface area (Å²) in [5.41, 5.74) is 6.15. The zero-order valence-electron chi connectivity index (χ0n) is 13.3. The molecule has 0 heterocycles. The Bertz CT molecular complexity index is 404. The van der Waals surface area contributed by atoms with Crippen molar-refractivity contribution in [1.82, 2.24) is 0 Å². The highest BCUT2D eigenvalue weighted by atomic mass is 16.5. The van der Waals surface area contributed by atoms with E-state index in [4.69, 9.17) is 10.5 Å². The van der Waals surface area contributed by atoms with E-state index >= 15 is 0 Å². The summed E-state index contributed by atoms with van der Waals surface area (Å²) < 4.78 is 5.02. The van der Waals surface area contributed by atoms with Crippen molar-refractivity contribution in [2.45, 2.75) is 71.1 Å². The van der Waals surface area contributed by atoms with Gasteiger partial charge in [0.25, 0.3) is 0 Å². The van der Waals surface area contributed by atoms with Crippen molar-refractivity contribution in [3.05, 3.63) is 29.8 Å². The average molecular weight is 291 g/mol. The molecular formula is C18H29NO2. The van der Waals surface area contributed by atoms with Crippen molar-refractivity contribution < 1.29 is 9.53 Å². The third kappa shape index (κ3) is 8.38. The van der Waals surface area contributed by atoms with Crippen molar-refractivity contribution in [1.29, 1.82) is 0 Å². The molecule has 0 saturated heterocycles. The summed E-state index contributed by atoms with van der Waals surface area (Å²) in [4.78, 5) is 10.8. The first kappa shape index (κ1) is 17.5. The highest BCUT2D eigenvalue weighted by Gasteiger charge is 2.05. The minimum Gasteiger partial charge on any atom is -0.410 e. The third-order valence-corrected chi connectivity index (χ3v) is 3.73. The van der Waals surface area contributed by atoms with E-state index < -0.39 is 6.09 Å². The molecule has 0 saturated carbocycles. The van der Waals surface area contributed by atoms with Crippen LogP contribution in [0.25, 0.3) is 0 Å². The van der Waals surface area contributed by atoms with Crippen LogP contribution in [0.4, 0.5) is 4.79 Å². The van der Waals surface area contributed by atoms with Crippen molar-refractivity contribution in [2.75, 3.05) is 0 Å². The van der Waals surface area contributed by atoms with Crippen LogP contribution in [-0.4, -0.2) is 6.09 Å². The molecule has 1 amide bonds. The van der Waals surface area contributed by atoms with Crippen molar-refractivity contribution in [3.63, 3.8) is 0 Å². The molecule has 0 fully saturated rings. The maximum atomic E-state index is 10.8. The van der Waals surface area contributed by atoms with Gasteiger partial charge in [0.1, 0.15) is 5.75 Å². The van der Waals surface area contributed by atoms with E-state index in [0.29, 0.717) is 5.75 Å². The number of primary amides is 1. The second-order valence-electron chi connectivity index (χ2n) is 5.61. The minimum absolute atomic E-state index is 0.601. The first-order chi connectivity index (χ1) is 10.2. The lowest BCUT2D eigenvalue weighted by Crippen LogP contribution is -2.17. The summed E-state index contributed by atoms with van der Waals surface area (Å²) in [7, 11) is 0. The molecule has 0 aromatic heterocycles. The quantitative estimate of drug-likeness (QED) is 0.568. The average Bonchev–Trinajstić information content (AvgIpc) is 2.46. The molecule has 1 aromatic carbocycles. The molecule has 1 aromatic rings. The topological polar surface area (TPSA) is 52.3 Å². The molecule has 0 bridgehead atoms. The van der Waals surface area contributed by atoms with Gasteiger partial charge in [-0.25, -0.2) is 4.79 Å². The Morgan fingerprint density at radius 1 is 0.952 bits per heavy atom. The van der Waals surface area contributed by atoms with Gasteiger partial charge in [0.15, 0.2) is 0 Å². The normalized spacial score (nSPS) is 10.5. The number of carbonyl (C=O) groups excluding carboxylic acids is 1. The maximum absolute atomic E-state index is 10.8. The fourth-order valence-corrected chi connectivity index (χ4v) is 2.54. The number of aryl methyl sites for hydroxylation is 1. The molecule has 0 aliphatic heterocycles. The third-order valence-electron chi connectivity index (χ3n) is 3.73. The van der Waals surface area contributed by atoms with Gasteiger partial charge in [-0.3, -0.25) is 0 Å². The molecule has 0 unspecified atom stereocenters. The molecule has 3 nitrogen and oxygen atoms in total. The highest BCUT2D eigenvalue weighted by molar-refractivity contribution is 5.68. The van der Waals surface area contributed by atoms with Gasteiger partial charge in [-0.15, -0.1) is 0 Å². The molecule has 0 spiro atoms. The largest absolute Gasteiger partial charge is 0.410 e. The molecule has 0 atom stereocenters. The van der Waals surface area contributed by atoms with E-state index in [0.717, 1.165) is 18.4 Å². The van der Waals surface area contributed by atoms with Gasteiger partial charge in [0.2, 0.25) is 0 Å². The van der Waals surface area contributed by atoms with E-state index in [9.17, 15) is 4.79 Å². The van der Waals surface area contributed by atoms with Gasteiger partial charge in [0.05, 0.1) is 0 Å². The number of ether oxygens (including phenoxy) is 1. The van der Waals surface area contributed by atoms with Crippen LogP contribution in [0.15, 0.2) is 24.3 Å². The first-order valence-corrected chi connectivity index (χ1v) is 8.29. The number of unbranched alkanes of at least 4 members (excludes halogenated alkanes) is 8. The molecule has 118 valence electrons. The van der Waals surface area contributed by atoms with Gasteiger partial charge in [-0.2, -0.15) is 0 Å². The Kier molecular flexibility index (Phi) is 9.34. The molecule has 1 rings (SSSR count). The molecule has 3 heteroatoms. The number of amides is 1. The van der Waals surface area contributed by atoms with Gasteiger partial charge in [-0.05, 0) is 24.5 Å². The monoisotopic (exact) mass is 291 g/mol. The fourth-order valence-electron chi connectivity index (χ4n) is 2.54. The number of hydrogen-bond acceptors (Lipinski definition) is 2. The molecule has 21 heavy (non-hydrogen) atoms. The second-order valence-corrected chi connectivity index (χ2v) is 5.61. The Hall–Kier alpha value is -1.51. The molecule has 2 N–H and O–H groups in total. The standard InChI is InChI=1S/C18H29NO2/c1-2-3-4-5-6-7-8-9-10-13-16-14-11-12-15-17(16)21-18(19)20/h11-12,14-15H,2-10,13H2,1H3,(H2,19,20). The van der Waals surface area contributed by atoms with Crippen LogP contribution in [0.2, 0.25) is 0 Å². The number of para-hydroxylation sites is 1. The van der Waals surface area contributed by atoms with Crippen LogP contribution in [0.3, 0.4) is 0 Å². The van der Waals surface area contributed by atoms with Crippen LogP contribution in [0, 0.1) is 0 Å². The second kappa shape index (κ2) is 11.2. The van der Waals surface area contributed by atoms with Gasteiger partial charge in [0, 0.05) is 0 Å². The SMILES string of the molecule is CCCCCCCCCCCc1ccccc1OC(N)=O. The predicted molar refractivity (Wildman–Crippen MR) is 87.6 cm³/mol. The minimum atomic E-state index is -0.741. The van der Waals surface area contributed by atoms with Crippen LogP contribution in [0.5, 0.6) is 5.75 Å². The lowest BCUT2D eigenvalue weighted by atomic mass is 10.0. The maximum Gasteiger partial charge on any atom is 0.409 e. The Morgan fingerprint density at radius 2 is 1.52 bits per heavy atom. The van der Waals surface area contributed by atoms with E-state index in [2.05, 4.69) is 6.92 Å². The lowest BCUT2D eigenvalue weighted by Gasteiger charge is -2.08. The Labute approximate surface area is 128 Å². The summed E-state index contributed by atoms with van der Waals surface area (Å²) in [6.45, 7) is 2.25. The van der Waals surface area contributed by atoms with Crippen molar-refractivity contribution in [2.24, 2.45) is 5.73 Å². The zero-order chi connectivity index (χ0) is 15.3. The zero-order valence-corrected chi connectivity index (χ0v) is 13.3. The number of rotatable bonds is 11. The van der Waals surface area contributed by atoms with E-state index in [-0.39, 0.29) is 0 Å². The molecule has 0 aliphatic carbocycles. The smallest absolute Gasteiger partial charge is 0.409 e. The van der Waals surface area contributed by atoms with Crippen molar-refractivity contribution in [3.8, 4) is 5.75 Å². The Balaban J connectivity index is 2.14. The van der Waals surface area contributed by atoms with Crippen molar-refractivity contribution >= 4 is 6.09 Å². The van der Waals surface area contributed by atoms with Crippen LogP contribution >= 0.6 is 0 Å². The van der Waals surface area contributed by atoms with Gasteiger partial charge >= 0.3 is 6.09 Å². The number of nitrogens with two attached hydrogens (primary N) is 1. The molecular weight excluding hydrogens is 262 g/mol. The van der Waals surface area contributed by atoms with E-state index in [1.165, 1.54) is 51.4 Å². The number of benzene rings is 1. The highest BCUT2D eigenvalue weighted by Crippen LogP contribution is 2.21. The van der Waals surface area contributed by atoms with E-state index in [1.54, 1.807) is 6.07 Å². The summed E-state index contributed by atoms with van der Waals surface area (Å²) in [5, 5.41) is 0. The van der Waals surface area contributed by atoms with Crippen LogP contribution in [-0.2, 0) is 6.42 Å². The summed E-state index contributed by atoms with van der Waals surface area (Å²) >= 11 is 0. The first-order valence-electron chi connectivity index (χ1n) is 8.29. The van der Waals surface area contributed by atoms with Crippen LogP contribution < -0.4 is 10.5 Å². The summed E-state index contributed by atoms with van der Waals surface area (Å²) in [5.74, 6) is 0.601. The Morgan fingerprint density at radius 3 is 2.14 bits per heavy atom. The molecule has 0 radical (unpaired) electrons. The fraction of sp³-hybridized carbons (Fsp3) is 0.611. The van der Waals surface area contributed by atoms with Crippen LogP contribution in [0.1, 0.15) is 70.3 Å². The number of hydrogen-bond donors (Lipinski definition) is 1. The van der Waals surface area contributed by atoms with E-state index in [1.807, 2.05) is 18.2 Å². The lowest BCUT2D eigenvalue weighted by molar-refractivity contribution is 0.210. The number of carbonyl (C=O) groups is 1. The summed E-state index contributed by atoms with van der Waals surface area (Å²) in [6.07, 6.45) is 12.0.